The highest BCUT2D eigenvalue weighted by Crippen LogP contribution is 2.10. The largest absolute Gasteiger partial charge is 0.352 e. The molecule has 0 saturated heterocycles. The van der Waals surface area contributed by atoms with Gasteiger partial charge in [0.2, 0.25) is 11.8 Å². The summed E-state index contributed by atoms with van der Waals surface area (Å²) in [6, 6.07) is 16.0. The third kappa shape index (κ3) is 6.75. The molecule has 2 aromatic rings. The monoisotopic (exact) mass is 363 g/mol. The quantitative estimate of drug-likeness (QED) is 0.704. The number of nitrogens with zero attached hydrogens (tertiary/aromatic N) is 1. The molecule has 0 fully saturated rings. The number of hydrogen-bond acceptors (Lipinski definition) is 4. The van der Waals surface area contributed by atoms with Gasteiger partial charge >= 0.3 is 0 Å². The number of benzene rings is 2. The van der Waals surface area contributed by atoms with E-state index >= 15 is 0 Å². The molecule has 0 atom stereocenters. The van der Waals surface area contributed by atoms with E-state index in [0.29, 0.717) is 17.8 Å². The van der Waals surface area contributed by atoms with Crippen molar-refractivity contribution >= 4 is 23.3 Å². The molecule has 138 valence electrons. The maximum atomic E-state index is 12.1. The molecule has 0 aliphatic carbocycles. The van der Waals surface area contributed by atoms with Gasteiger partial charge in [-0.3, -0.25) is 14.4 Å². The Bertz CT molecular complexity index is 850. The Balaban J connectivity index is 1.75. The molecule has 27 heavy (non-hydrogen) atoms. The van der Waals surface area contributed by atoms with Gasteiger partial charge in [0.15, 0.2) is 5.78 Å². The first-order valence-corrected chi connectivity index (χ1v) is 8.60. The lowest BCUT2D eigenvalue weighted by molar-refractivity contribution is -0.121. The lowest BCUT2D eigenvalue weighted by Gasteiger charge is -2.07. The molecule has 6 nitrogen and oxygen atoms in total. The maximum Gasteiger partial charge on any atom is 0.238 e. The molecule has 0 radical (unpaired) electrons. The molecular formula is C21H21N3O3. The second-order valence-corrected chi connectivity index (χ2v) is 6.15. The van der Waals surface area contributed by atoms with Crippen LogP contribution < -0.4 is 10.6 Å². The topological polar surface area (TPSA) is 99.1 Å². The Morgan fingerprint density at radius 2 is 1.59 bits per heavy atom. The number of ketones is 1. The van der Waals surface area contributed by atoms with Gasteiger partial charge in [0.1, 0.15) is 6.42 Å². The summed E-state index contributed by atoms with van der Waals surface area (Å²) in [5.41, 5.74) is 3.16. The SMILES string of the molecule is Cc1ccc(C(=O)CCC(=O)NCc2ccc(NC(=O)CC#N)cc2)cc1. The predicted molar refractivity (Wildman–Crippen MR) is 102 cm³/mol. The summed E-state index contributed by atoms with van der Waals surface area (Å²) in [6.45, 7) is 2.29. The molecule has 0 unspecified atom stereocenters. The fraction of sp³-hybridized carbons (Fsp3) is 0.238. The van der Waals surface area contributed by atoms with Crippen molar-refractivity contribution in [3.8, 4) is 6.07 Å². The summed E-state index contributed by atoms with van der Waals surface area (Å²) < 4.78 is 0. The summed E-state index contributed by atoms with van der Waals surface area (Å²) >= 11 is 0. The average Bonchev–Trinajstić information content (AvgIpc) is 2.66. The molecule has 2 rings (SSSR count). The first kappa shape index (κ1) is 19.9. The molecule has 0 saturated carbocycles. The van der Waals surface area contributed by atoms with Crippen molar-refractivity contribution in [1.29, 1.82) is 5.26 Å². The molecule has 0 heterocycles. The first-order chi connectivity index (χ1) is 13.0. The van der Waals surface area contributed by atoms with Gasteiger partial charge in [0.05, 0.1) is 6.07 Å². The van der Waals surface area contributed by atoms with Crippen molar-refractivity contribution < 1.29 is 14.4 Å². The van der Waals surface area contributed by atoms with Gasteiger partial charge < -0.3 is 10.6 Å². The van der Waals surface area contributed by atoms with Crippen molar-refractivity contribution in [1.82, 2.24) is 5.32 Å². The first-order valence-electron chi connectivity index (χ1n) is 8.60. The van der Waals surface area contributed by atoms with Gasteiger partial charge in [-0.25, -0.2) is 0 Å². The van der Waals surface area contributed by atoms with Crippen LogP contribution in [0.25, 0.3) is 0 Å². The third-order valence-electron chi connectivity index (χ3n) is 3.92. The van der Waals surface area contributed by atoms with E-state index in [0.717, 1.165) is 11.1 Å². The van der Waals surface area contributed by atoms with Gasteiger partial charge in [-0.05, 0) is 24.6 Å². The smallest absolute Gasteiger partial charge is 0.238 e. The molecule has 2 amide bonds. The summed E-state index contributed by atoms with van der Waals surface area (Å²) in [5.74, 6) is -0.610. The number of aryl methyl sites for hydroxylation is 1. The zero-order valence-electron chi connectivity index (χ0n) is 15.1. The van der Waals surface area contributed by atoms with Gasteiger partial charge in [-0.15, -0.1) is 0 Å². The van der Waals surface area contributed by atoms with Crippen molar-refractivity contribution in [3.05, 3.63) is 65.2 Å². The highest BCUT2D eigenvalue weighted by Gasteiger charge is 2.09. The van der Waals surface area contributed by atoms with Crippen LogP contribution in [0.4, 0.5) is 5.69 Å². The molecule has 0 bridgehead atoms. The van der Waals surface area contributed by atoms with Crippen molar-refractivity contribution in [2.45, 2.75) is 32.7 Å². The van der Waals surface area contributed by atoms with Crippen LogP contribution in [-0.2, 0) is 16.1 Å². The predicted octanol–water partition coefficient (Wildman–Crippen LogP) is 3.13. The van der Waals surface area contributed by atoms with Gasteiger partial charge in [-0.2, -0.15) is 5.26 Å². The summed E-state index contributed by atoms with van der Waals surface area (Å²) in [4.78, 5) is 35.4. The number of Topliss-reactive ketones (excluding diaryl/α,β-unsaturated/α-hetero) is 1. The van der Waals surface area contributed by atoms with Gasteiger partial charge in [0, 0.05) is 30.6 Å². The van der Waals surface area contributed by atoms with Crippen molar-refractivity contribution in [3.63, 3.8) is 0 Å². The summed E-state index contributed by atoms with van der Waals surface area (Å²) in [6.07, 6.45) is 0.104. The maximum absolute atomic E-state index is 12.1. The van der Waals surface area contributed by atoms with E-state index < -0.39 is 0 Å². The van der Waals surface area contributed by atoms with E-state index in [-0.39, 0.29) is 36.9 Å². The average molecular weight is 363 g/mol. The zero-order chi connectivity index (χ0) is 19.6. The fourth-order valence-corrected chi connectivity index (χ4v) is 2.38. The van der Waals surface area contributed by atoms with Crippen LogP contribution in [0.3, 0.4) is 0 Å². The van der Waals surface area contributed by atoms with Crippen LogP contribution in [0.2, 0.25) is 0 Å². The lowest BCUT2D eigenvalue weighted by atomic mass is 10.0. The lowest BCUT2D eigenvalue weighted by Crippen LogP contribution is -2.23. The Morgan fingerprint density at radius 3 is 2.22 bits per heavy atom. The highest BCUT2D eigenvalue weighted by atomic mass is 16.2. The molecule has 0 spiro atoms. The molecule has 0 aliphatic heterocycles. The van der Waals surface area contributed by atoms with Crippen LogP contribution in [-0.4, -0.2) is 17.6 Å². The Kier molecular flexibility index (Phi) is 7.26. The second kappa shape index (κ2) is 9.88. The molecular weight excluding hydrogens is 342 g/mol. The van der Waals surface area contributed by atoms with Gasteiger partial charge in [-0.1, -0.05) is 42.0 Å². The van der Waals surface area contributed by atoms with Crippen LogP contribution in [0.15, 0.2) is 48.5 Å². The number of carbonyl (C=O) groups is 3. The Hall–Kier alpha value is -3.46. The van der Waals surface area contributed by atoms with Crippen molar-refractivity contribution in [2.24, 2.45) is 0 Å². The van der Waals surface area contributed by atoms with Crippen LogP contribution >= 0.6 is 0 Å². The highest BCUT2D eigenvalue weighted by molar-refractivity contribution is 5.98. The molecule has 2 N–H and O–H groups in total. The van der Waals surface area contributed by atoms with E-state index in [4.69, 9.17) is 5.26 Å². The number of rotatable bonds is 8. The number of anilines is 1. The number of carbonyl (C=O) groups excluding carboxylic acids is 3. The summed E-state index contributed by atoms with van der Waals surface area (Å²) in [5, 5.41) is 13.8. The fourth-order valence-electron chi connectivity index (χ4n) is 2.38. The minimum absolute atomic E-state index is 0.0531. The van der Waals surface area contributed by atoms with Gasteiger partial charge in [0.25, 0.3) is 0 Å². The Morgan fingerprint density at radius 1 is 0.926 bits per heavy atom. The summed E-state index contributed by atoms with van der Waals surface area (Å²) in [7, 11) is 0. The molecule has 2 aromatic carbocycles. The number of hydrogen-bond donors (Lipinski definition) is 2. The van der Waals surface area contributed by atoms with E-state index in [9.17, 15) is 14.4 Å². The third-order valence-corrected chi connectivity index (χ3v) is 3.92. The van der Waals surface area contributed by atoms with Crippen molar-refractivity contribution in [2.75, 3.05) is 5.32 Å². The van der Waals surface area contributed by atoms with E-state index in [1.807, 2.05) is 19.1 Å². The number of nitriles is 1. The Labute approximate surface area is 158 Å². The molecule has 0 aromatic heterocycles. The van der Waals surface area contributed by atoms with E-state index in [1.54, 1.807) is 42.5 Å². The van der Waals surface area contributed by atoms with E-state index in [1.165, 1.54) is 0 Å². The number of amides is 2. The van der Waals surface area contributed by atoms with E-state index in [2.05, 4.69) is 10.6 Å². The normalized spacial score (nSPS) is 9.93. The minimum atomic E-state index is -0.364. The zero-order valence-corrected chi connectivity index (χ0v) is 15.1. The van der Waals surface area contributed by atoms with Crippen LogP contribution in [0.1, 0.15) is 40.7 Å². The second-order valence-electron chi connectivity index (χ2n) is 6.15. The minimum Gasteiger partial charge on any atom is -0.352 e. The van der Waals surface area contributed by atoms with Crippen LogP contribution in [0, 0.1) is 18.3 Å². The molecule has 0 aliphatic rings. The molecule has 6 heteroatoms. The standard InChI is InChI=1S/C21H21N3O3/c1-15-2-6-17(7-3-15)19(25)10-11-20(26)23-14-16-4-8-18(9-5-16)24-21(27)12-13-22/h2-9H,10-12,14H2,1H3,(H,23,26)(H,24,27). The number of nitrogens with one attached hydrogen (secondary N) is 2. The van der Waals surface area contributed by atoms with Crippen LogP contribution in [0.5, 0.6) is 0 Å².